The van der Waals surface area contributed by atoms with Crippen LogP contribution >= 0.6 is 0 Å². The number of rotatable bonds is 5. The summed E-state index contributed by atoms with van der Waals surface area (Å²) in [6.07, 6.45) is -0.137. The number of Topliss-reactive ketones (excluding diaryl/α,β-unsaturated/α-hetero) is 2. The fourth-order valence-corrected chi connectivity index (χ4v) is 1.38. The van der Waals surface area contributed by atoms with Gasteiger partial charge in [-0.05, 0) is 19.1 Å². The monoisotopic (exact) mass is 247 g/mol. The zero-order chi connectivity index (χ0) is 13.7. The molecule has 0 radical (unpaired) electrons. The second kappa shape index (κ2) is 6.10. The molecule has 0 spiro atoms. The zero-order valence-corrected chi connectivity index (χ0v) is 10.8. The van der Waals surface area contributed by atoms with Crippen LogP contribution in [0.4, 0.5) is 5.69 Å². The maximum absolute atomic E-state index is 11.6. The lowest BCUT2D eigenvalue weighted by molar-refractivity contribution is -0.127. The number of nitrogens with one attached hydrogen (secondary N) is 1. The van der Waals surface area contributed by atoms with Gasteiger partial charge in [0.25, 0.3) is 0 Å². The van der Waals surface area contributed by atoms with Crippen LogP contribution in [0.2, 0.25) is 0 Å². The van der Waals surface area contributed by atoms with Gasteiger partial charge in [0.2, 0.25) is 5.91 Å². The Morgan fingerprint density at radius 3 is 2.44 bits per heavy atom. The van der Waals surface area contributed by atoms with Crippen molar-refractivity contribution in [2.75, 3.05) is 5.32 Å². The van der Waals surface area contributed by atoms with Gasteiger partial charge in [-0.2, -0.15) is 0 Å². The number of carbonyl (C=O) groups excluding carboxylic acids is 3. The summed E-state index contributed by atoms with van der Waals surface area (Å²) >= 11 is 0. The first-order valence-corrected chi connectivity index (χ1v) is 5.83. The second-order valence-corrected chi connectivity index (χ2v) is 4.48. The number of carbonyl (C=O) groups is 3. The molecule has 0 saturated carbocycles. The summed E-state index contributed by atoms with van der Waals surface area (Å²) in [7, 11) is 0. The van der Waals surface area contributed by atoms with Crippen LogP contribution in [0.3, 0.4) is 0 Å². The molecular weight excluding hydrogens is 230 g/mol. The maximum atomic E-state index is 11.6. The molecule has 96 valence electrons. The third-order valence-electron chi connectivity index (χ3n) is 2.53. The van der Waals surface area contributed by atoms with Gasteiger partial charge in [-0.3, -0.25) is 14.4 Å². The molecule has 0 aliphatic rings. The number of hydrogen-bond acceptors (Lipinski definition) is 3. The standard InChI is InChI=1S/C14H17NO3/c1-9(2)13(17)8-14(18)15-12-6-4-5-11(7-12)10(3)16/h4-7,9H,8H2,1-3H3,(H,15,18). The summed E-state index contributed by atoms with van der Waals surface area (Å²) in [5.74, 6) is -0.673. The van der Waals surface area contributed by atoms with Crippen LogP contribution in [-0.2, 0) is 9.59 Å². The van der Waals surface area contributed by atoms with Crippen LogP contribution in [-0.4, -0.2) is 17.5 Å². The molecule has 0 aliphatic carbocycles. The molecule has 0 aliphatic heterocycles. The van der Waals surface area contributed by atoms with E-state index in [0.29, 0.717) is 11.3 Å². The van der Waals surface area contributed by atoms with Crippen molar-refractivity contribution in [3.05, 3.63) is 29.8 Å². The summed E-state index contributed by atoms with van der Waals surface area (Å²) in [4.78, 5) is 34.2. The minimum absolute atomic E-state index is 0.0654. The zero-order valence-electron chi connectivity index (χ0n) is 10.8. The first kappa shape index (κ1) is 14.1. The maximum Gasteiger partial charge on any atom is 0.231 e. The van der Waals surface area contributed by atoms with Crippen molar-refractivity contribution in [3.8, 4) is 0 Å². The SMILES string of the molecule is CC(=O)c1cccc(NC(=O)CC(=O)C(C)C)c1. The molecule has 1 aromatic carbocycles. The highest BCUT2D eigenvalue weighted by molar-refractivity contribution is 6.05. The fraction of sp³-hybridized carbons (Fsp3) is 0.357. The molecule has 4 heteroatoms. The minimum Gasteiger partial charge on any atom is -0.326 e. The quantitative estimate of drug-likeness (QED) is 0.642. The van der Waals surface area contributed by atoms with E-state index < -0.39 is 0 Å². The largest absolute Gasteiger partial charge is 0.326 e. The van der Waals surface area contributed by atoms with Gasteiger partial charge in [-0.15, -0.1) is 0 Å². The number of ketones is 2. The van der Waals surface area contributed by atoms with Gasteiger partial charge in [0, 0.05) is 17.2 Å². The van der Waals surface area contributed by atoms with E-state index in [-0.39, 0.29) is 29.8 Å². The summed E-state index contributed by atoms with van der Waals surface area (Å²) in [6, 6.07) is 6.65. The first-order chi connectivity index (χ1) is 8.40. The van der Waals surface area contributed by atoms with Gasteiger partial charge in [0.15, 0.2) is 5.78 Å². The van der Waals surface area contributed by atoms with Crippen LogP contribution in [0.15, 0.2) is 24.3 Å². The molecule has 1 amide bonds. The average Bonchev–Trinajstić information content (AvgIpc) is 2.28. The number of amides is 1. The van der Waals surface area contributed by atoms with Gasteiger partial charge in [0.1, 0.15) is 5.78 Å². The molecular formula is C14H17NO3. The Balaban J connectivity index is 2.67. The lowest BCUT2D eigenvalue weighted by Gasteiger charge is -2.07. The van der Waals surface area contributed by atoms with E-state index in [2.05, 4.69) is 5.32 Å². The summed E-state index contributed by atoms with van der Waals surface area (Å²) in [5.41, 5.74) is 1.06. The van der Waals surface area contributed by atoms with Gasteiger partial charge in [-0.1, -0.05) is 26.0 Å². The molecule has 0 saturated heterocycles. The Kier molecular flexibility index (Phi) is 4.77. The van der Waals surface area contributed by atoms with E-state index in [9.17, 15) is 14.4 Å². The number of hydrogen-bond donors (Lipinski definition) is 1. The molecule has 1 N–H and O–H groups in total. The van der Waals surface area contributed by atoms with Crippen LogP contribution < -0.4 is 5.32 Å². The van der Waals surface area contributed by atoms with E-state index in [1.54, 1.807) is 38.1 Å². The minimum atomic E-state index is -0.352. The number of benzene rings is 1. The molecule has 0 bridgehead atoms. The smallest absolute Gasteiger partial charge is 0.231 e. The van der Waals surface area contributed by atoms with Crippen molar-refractivity contribution in [2.24, 2.45) is 5.92 Å². The molecule has 4 nitrogen and oxygen atoms in total. The van der Waals surface area contributed by atoms with E-state index in [1.807, 2.05) is 0 Å². The molecule has 0 fully saturated rings. The third-order valence-corrected chi connectivity index (χ3v) is 2.53. The predicted molar refractivity (Wildman–Crippen MR) is 69.5 cm³/mol. The van der Waals surface area contributed by atoms with Crippen LogP contribution in [0.5, 0.6) is 0 Å². The van der Waals surface area contributed by atoms with Crippen LogP contribution in [0.1, 0.15) is 37.6 Å². The Bertz CT molecular complexity index is 478. The number of anilines is 1. The lowest BCUT2D eigenvalue weighted by atomic mass is 10.1. The second-order valence-electron chi connectivity index (χ2n) is 4.48. The fourth-order valence-electron chi connectivity index (χ4n) is 1.38. The van der Waals surface area contributed by atoms with Crippen molar-refractivity contribution < 1.29 is 14.4 Å². The van der Waals surface area contributed by atoms with Crippen molar-refractivity contribution in [3.63, 3.8) is 0 Å². The van der Waals surface area contributed by atoms with Gasteiger partial charge in [0.05, 0.1) is 6.42 Å². The van der Waals surface area contributed by atoms with E-state index >= 15 is 0 Å². The lowest BCUT2D eigenvalue weighted by Crippen LogP contribution is -2.19. The topological polar surface area (TPSA) is 63.2 Å². The van der Waals surface area contributed by atoms with Crippen LogP contribution in [0, 0.1) is 5.92 Å². The Morgan fingerprint density at radius 1 is 1.22 bits per heavy atom. The van der Waals surface area contributed by atoms with Crippen molar-refractivity contribution in [1.29, 1.82) is 0 Å². The summed E-state index contributed by atoms with van der Waals surface area (Å²) in [6.45, 7) is 4.97. The highest BCUT2D eigenvalue weighted by Crippen LogP contribution is 2.12. The van der Waals surface area contributed by atoms with E-state index in [0.717, 1.165) is 0 Å². The highest BCUT2D eigenvalue weighted by Gasteiger charge is 2.13. The molecule has 1 rings (SSSR count). The van der Waals surface area contributed by atoms with E-state index in [4.69, 9.17) is 0 Å². The first-order valence-electron chi connectivity index (χ1n) is 5.83. The summed E-state index contributed by atoms with van der Waals surface area (Å²) < 4.78 is 0. The molecule has 1 aromatic rings. The molecule has 0 aromatic heterocycles. The Labute approximate surface area is 106 Å². The van der Waals surface area contributed by atoms with E-state index in [1.165, 1.54) is 6.92 Å². The highest BCUT2D eigenvalue weighted by atomic mass is 16.2. The predicted octanol–water partition coefficient (Wildman–Crippen LogP) is 2.44. The molecule has 0 atom stereocenters. The molecule has 18 heavy (non-hydrogen) atoms. The Morgan fingerprint density at radius 2 is 1.89 bits per heavy atom. The van der Waals surface area contributed by atoms with Crippen LogP contribution in [0.25, 0.3) is 0 Å². The van der Waals surface area contributed by atoms with Crippen molar-refractivity contribution >= 4 is 23.2 Å². The molecule has 0 unspecified atom stereocenters. The molecule has 0 heterocycles. The van der Waals surface area contributed by atoms with Crippen molar-refractivity contribution in [2.45, 2.75) is 27.2 Å². The van der Waals surface area contributed by atoms with Gasteiger partial charge in [-0.25, -0.2) is 0 Å². The van der Waals surface area contributed by atoms with Gasteiger partial charge < -0.3 is 5.32 Å². The third kappa shape index (κ3) is 4.13. The average molecular weight is 247 g/mol. The Hall–Kier alpha value is -1.97. The van der Waals surface area contributed by atoms with Crippen molar-refractivity contribution in [1.82, 2.24) is 0 Å². The summed E-state index contributed by atoms with van der Waals surface area (Å²) in [5, 5.41) is 2.61. The van der Waals surface area contributed by atoms with Gasteiger partial charge >= 0.3 is 0 Å². The normalized spacial score (nSPS) is 10.2.